The molecule has 3 nitrogen and oxygen atoms in total. The van der Waals surface area contributed by atoms with Gasteiger partial charge in [0.15, 0.2) is 0 Å². The molecule has 0 aliphatic carbocycles. The van der Waals surface area contributed by atoms with Crippen molar-refractivity contribution in [2.45, 2.75) is 39.7 Å². The lowest BCUT2D eigenvalue weighted by Crippen LogP contribution is -2.34. The molecule has 1 rings (SSSR count). The van der Waals surface area contributed by atoms with E-state index in [4.69, 9.17) is 0 Å². The number of rotatable bonds is 6. The first-order chi connectivity index (χ1) is 8.22. The molecule has 0 atom stereocenters. The molecule has 0 saturated carbocycles. The maximum atomic E-state index is 12.1. The summed E-state index contributed by atoms with van der Waals surface area (Å²) in [6.07, 6.45) is 1.93. The van der Waals surface area contributed by atoms with Crippen LogP contribution in [0.1, 0.15) is 44.0 Å². The van der Waals surface area contributed by atoms with Crippen molar-refractivity contribution in [1.82, 2.24) is 5.32 Å². The van der Waals surface area contributed by atoms with Crippen LogP contribution in [0.2, 0.25) is 0 Å². The third-order valence-corrected chi connectivity index (χ3v) is 2.86. The Bertz CT molecular complexity index is 359. The summed E-state index contributed by atoms with van der Waals surface area (Å²) in [5.74, 6) is 0.00949. The highest BCUT2D eigenvalue weighted by molar-refractivity contribution is 5.99. The predicted molar refractivity (Wildman–Crippen MR) is 72.4 cm³/mol. The van der Waals surface area contributed by atoms with E-state index in [1.165, 1.54) is 0 Å². The van der Waals surface area contributed by atoms with Crippen LogP contribution < -0.4 is 10.6 Å². The highest BCUT2D eigenvalue weighted by Crippen LogP contribution is 2.15. The Hall–Kier alpha value is -1.51. The molecular weight excluding hydrogens is 212 g/mol. The summed E-state index contributed by atoms with van der Waals surface area (Å²) in [6.45, 7) is 7.01. The number of benzene rings is 1. The van der Waals surface area contributed by atoms with Crippen LogP contribution >= 0.6 is 0 Å². The van der Waals surface area contributed by atoms with Gasteiger partial charge in [-0.2, -0.15) is 0 Å². The summed E-state index contributed by atoms with van der Waals surface area (Å²) in [6, 6.07) is 7.88. The minimum absolute atomic E-state index is 0.00949. The van der Waals surface area contributed by atoms with E-state index in [1.54, 1.807) is 0 Å². The van der Waals surface area contributed by atoms with Crippen molar-refractivity contribution < 1.29 is 4.79 Å². The van der Waals surface area contributed by atoms with E-state index in [0.29, 0.717) is 0 Å². The molecule has 0 unspecified atom stereocenters. The standard InChI is InChI=1S/C14H22N2O/c1-4-11(5-2)16-14(17)12-9-7-8-10-13(12)15-6-3/h7-11,15H,4-6H2,1-3H3,(H,16,17). The molecule has 3 heteroatoms. The van der Waals surface area contributed by atoms with E-state index in [2.05, 4.69) is 24.5 Å². The number of carbonyl (C=O) groups is 1. The number of hydrogen-bond donors (Lipinski definition) is 2. The molecule has 17 heavy (non-hydrogen) atoms. The smallest absolute Gasteiger partial charge is 0.253 e. The summed E-state index contributed by atoms with van der Waals surface area (Å²) in [5, 5.41) is 6.26. The average Bonchev–Trinajstić information content (AvgIpc) is 2.36. The van der Waals surface area contributed by atoms with Crippen LogP contribution in [0.25, 0.3) is 0 Å². The third-order valence-electron chi connectivity index (χ3n) is 2.86. The summed E-state index contributed by atoms with van der Waals surface area (Å²) in [7, 11) is 0. The number of hydrogen-bond acceptors (Lipinski definition) is 2. The van der Waals surface area contributed by atoms with Gasteiger partial charge in [-0.05, 0) is 31.9 Å². The van der Waals surface area contributed by atoms with E-state index in [-0.39, 0.29) is 11.9 Å². The van der Waals surface area contributed by atoms with Crippen LogP contribution in [-0.2, 0) is 0 Å². The molecule has 0 saturated heterocycles. The minimum atomic E-state index is 0.00949. The molecule has 0 radical (unpaired) electrons. The molecule has 0 aliphatic heterocycles. The Kier molecular flexibility index (Phi) is 5.53. The molecule has 1 aromatic rings. The molecule has 0 bridgehead atoms. The zero-order chi connectivity index (χ0) is 12.7. The number of amides is 1. The second kappa shape index (κ2) is 6.94. The van der Waals surface area contributed by atoms with Crippen LogP contribution in [0.3, 0.4) is 0 Å². The van der Waals surface area contributed by atoms with E-state index in [0.717, 1.165) is 30.6 Å². The Morgan fingerprint density at radius 1 is 1.18 bits per heavy atom. The van der Waals surface area contributed by atoms with E-state index >= 15 is 0 Å². The zero-order valence-electron chi connectivity index (χ0n) is 10.9. The molecule has 1 aromatic carbocycles. The minimum Gasteiger partial charge on any atom is -0.385 e. The van der Waals surface area contributed by atoms with Crippen molar-refractivity contribution in [3.05, 3.63) is 29.8 Å². The molecule has 1 amide bonds. The second-order valence-corrected chi connectivity index (χ2v) is 4.06. The first-order valence-corrected chi connectivity index (χ1v) is 6.36. The fraction of sp³-hybridized carbons (Fsp3) is 0.500. The normalized spacial score (nSPS) is 10.4. The molecule has 94 valence electrons. The quantitative estimate of drug-likeness (QED) is 0.794. The Morgan fingerprint density at radius 3 is 2.41 bits per heavy atom. The fourth-order valence-electron chi connectivity index (χ4n) is 1.78. The first kappa shape index (κ1) is 13.6. The lowest BCUT2D eigenvalue weighted by Gasteiger charge is -2.16. The van der Waals surface area contributed by atoms with E-state index in [1.807, 2.05) is 31.2 Å². The fourth-order valence-corrected chi connectivity index (χ4v) is 1.78. The van der Waals surface area contributed by atoms with Crippen molar-refractivity contribution in [3.63, 3.8) is 0 Å². The van der Waals surface area contributed by atoms with Crippen LogP contribution in [0.5, 0.6) is 0 Å². The van der Waals surface area contributed by atoms with Crippen molar-refractivity contribution in [1.29, 1.82) is 0 Å². The number of carbonyl (C=O) groups excluding carboxylic acids is 1. The van der Waals surface area contributed by atoms with Gasteiger partial charge in [-0.25, -0.2) is 0 Å². The van der Waals surface area contributed by atoms with Crippen LogP contribution in [0, 0.1) is 0 Å². The Labute approximate surface area is 104 Å². The van der Waals surface area contributed by atoms with Crippen molar-refractivity contribution in [2.75, 3.05) is 11.9 Å². The first-order valence-electron chi connectivity index (χ1n) is 6.36. The number of para-hydroxylation sites is 1. The Morgan fingerprint density at radius 2 is 1.82 bits per heavy atom. The molecule has 0 fully saturated rings. The van der Waals surface area contributed by atoms with Gasteiger partial charge < -0.3 is 10.6 Å². The van der Waals surface area contributed by atoms with E-state index < -0.39 is 0 Å². The monoisotopic (exact) mass is 234 g/mol. The van der Waals surface area contributed by atoms with Gasteiger partial charge in [0.05, 0.1) is 5.56 Å². The highest BCUT2D eigenvalue weighted by Gasteiger charge is 2.13. The molecule has 0 aliphatic rings. The zero-order valence-corrected chi connectivity index (χ0v) is 10.9. The third kappa shape index (κ3) is 3.77. The van der Waals surface area contributed by atoms with Crippen molar-refractivity contribution in [2.24, 2.45) is 0 Å². The van der Waals surface area contributed by atoms with Gasteiger partial charge in [0, 0.05) is 18.3 Å². The predicted octanol–water partition coefficient (Wildman–Crippen LogP) is 3.04. The molecule has 2 N–H and O–H groups in total. The summed E-state index contributed by atoms with van der Waals surface area (Å²) in [5.41, 5.74) is 1.62. The summed E-state index contributed by atoms with van der Waals surface area (Å²) in [4.78, 5) is 12.1. The summed E-state index contributed by atoms with van der Waals surface area (Å²) < 4.78 is 0. The molecular formula is C14H22N2O. The number of anilines is 1. The van der Waals surface area contributed by atoms with Crippen LogP contribution in [0.4, 0.5) is 5.69 Å². The van der Waals surface area contributed by atoms with Crippen molar-refractivity contribution in [3.8, 4) is 0 Å². The van der Waals surface area contributed by atoms with Gasteiger partial charge in [0.25, 0.3) is 5.91 Å². The maximum Gasteiger partial charge on any atom is 0.253 e. The Balaban J connectivity index is 2.80. The lowest BCUT2D eigenvalue weighted by molar-refractivity contribution is 0.0935. The van der Waals surface area contributed by atoms with Gasteiger partial charge in [-0.1, -0.05) is 26.0 Å². The molecule has 0 aromatic heterocycles. The maximum absolute atomic E-state index is 12.1. The van der Waals surface area contributed by atoms with E-state index in [9.17, 15) is 4.79 Å². The van der Waals surface area contributed by atoms with Gasteiger partial charge >= 0.3 is 0 Å². The van der Waals surface area contributed by atoms with Gasteiger partial charge in [0.2, 0.25) is 0 Å². The summed E-state index contributed by atoms with van der Waals surface area (Å²) >= 11 is 0. The lowest BCUT2D eigenvalue weighted by atomic mass is 10.1. The topological polar surface area (TPSA) is 41.1 Å². The van der Waals surface area contributed by atoms with Gasteiger partial charge in [-0.3, -0.25) is 4.79 Å². The molecule has 0 spiro atoms. The van der Waals surface area contributed by atoms with Crippen molar-refractivity contribution >= 4 is 11.6 Å². The number of nitrogens with one attached hydrogen (secondary N) is 2. The van der Waals surface area contributed by atoms with Gasteiger partial charge in [0.1, 0.15) is 0 Å². The SMILES string of the molecule is CCNc1ccccc1C(=O)NC(CC)CC. The van der Waals surface area contributed by atoms with Crippen LogP contribution in [0.15, 0.2) is 24.3 Å². The second-order valence-electron chi connectivity index (χ2n) is 4.06. The average molecular weight is 234 g/mol. The van der Waals surface area contributed by atoms with Gasteiger partial charge in [-0.15, -0.1) is 0 Å². The van der Waals surface area contributed by atoms with Crippen LogP contribution in [-0.4, -0.2) is 18.5 Å². The molecule has 0 heterocycles. The highest BCUT2D eigenvalue weighted by atomic mass is 16.1. The largest absolute Gasteiger partial charge is 0.385 e.